The summed E-state index contributed by atoms with van der Waals surface area (Å²) in [5.41, 5.74) is 3.79. The highest BCUT2D eigenvalue weighted by atomic mass is 16.5. The van der Waals surface area contributed by atoms with Gasteiger partial charge in [0.15, 0.2) is 5.78 Å². The molecule has 1 N–H and O–H groups in total. The first-order valence-corrected chi connectivity index (χ1v) is 12.0. The molecule has 0 fully saturated rings. The summed E-state index contributed by atoms with van der Waals surface area (Å²) in [5, 5.41) is 19.1. The van der Waals surface area contributed by atoms with Crippen LogP contribution in [0.5, 0.6) is 17.2 Å². The summed E-state index contributed by atoms with van der Waals surface area (Å²) in [6.45, 7) is 2.10. The molecule has 3 aromatic carbocycles. The molecule has 0 saturated carbocycles. The van der Waals surface area contributed by atoms with Crippen LogP contribution in [0, 0.1) is 18.3 Å². The van der Waals surface area contributed by atoms with Crippen LogP contribution in [0.15, 0.2) is 72.9 Å². The number of carbonyl (C=O) groups is 2. The molecule has 0 saturated heterocycles. The molecular formula is C30H23N3O5. The number of Topliss-reactive ketones (excluding diaryl/α,β-unsaturated/α-hetero) is 1. The molecule has 0 radical (unpaired) electrons. The van der Waals surface area contributed by atoms with Crippen molar-refractivity contribution in [3.05, 3.63) is 101 Å². The zero-order valence-electron chi connectivity index (χ0n) is 20.5. The number of aromatic nitrogens is 2. The van der Waals surface area contributed by atoms with E-state index in [0.717, 1.165) is 16.8 Å². The third kappa shape index (κ3) is 5.22. The van der Waals surface area contributed by atoms with Crippen molar-refractivity contribution in [3.63, 3.8) is 0 Å². The maximum atomic E-state index is 13.0. The molecule has 0 amide bonds. The van der Waals surface area contributed by atoms with Crippen LogP contribution in [-0.4, -0.2) is 33.4 Å². The number of carboxylic acid groups (broad SMARTS) is 1. The second-order valence-electron chi connectivity index (χ2n) is 8.94. The second kappa shape index (κ2) is 10.5. The zero-order chi connectivity index (χ0) is 26.6. The average Bonchev–Trinajstić information content (AvgIpc) is 2.92. The van der Waals surface area contributed by atoms with Crippen LogP contribution in [0.1, 0.15) is 45.2 Å². The van der Waals surface area contributed by atoms with Crippen molar-refractivity contribution in [2.75, 3.05) is 6.61 Å². The first kappa shape index (κ1) is 24.7. The van der Waals surface area contributed by atoms with E-state index in [1.807, 2.05) is 37.3 Å². The largest absolute Gasteiger partial charge is 0.493 e. The normalized spacial score (nSPS) is 14.1. The quantitative estimate of drug-likeness (QED) is 0.327. The number of ketones is 1. The number of aryl methyl sites for hydroxylation is 1. The van der Waals surface area contributed by atoms with Crippen molar-refractivity contribution in [2.24, 2.45) is 0 Å². The monoisotopic (exact) mass is 505 g/mol. The SMILES string of the molecule is Cc1nccc(-c2cccc(CC(=O)c3ccc(Oc4cc5c(cc4C#N)C(C(=O)O)CCO5)cc3)c2)n1. The minimum Gasteiger partial charge on any atom is -0.493 e. The molecule has 0 aliphatic carbocycles. The molecule has 8 nitrogen and oxygen atoms in total. The summed E-state index contributed by atoms with van der Waals surface area (Å²) >= 11 is 0. The third-order valence-corrected chi connectivity index (χ3v) is 6.34. The van der Waals surface area contributed by atoms with Gasteiger partial charge in [0, 0.05) is 35.4 Å². The van der Waals surface area contributed by atoms with Gasteiger partial charge in [-0.05, 0) is 61.4 Å². The van der Waals surface area contributed by atoms with Gasteiger partial charge in [-0.25, -0.2) is 9.97 Å². The Hall–Kier alpha value is -5.03. The van der Waals surface area contributed by atoms with Crippen molar-refractivity contribution in [1.82, 2.24) is 9.97 Å². The van der Waals surface area contributed by atoms with Crippen LogP contribution in [0.2, 0.25) is 0 Å². The van der Waals surface area contributed by atoms with Crippen molar-refractivity contribution in [2.45, 2.75) is 25.7 Å². The molecule has 1 atom stereocenters. The van der Waals surface area contributed by atoms with Crippen LogP contribution in [0.25, 0.3) is 11.3 Å². The topological polar surface area (TPSA) is 122 Å². The number of carbonyl (C=O) groups excluding carboxylic acids is 1. The lowest BCUT2D eigenvalue weighted by Crippen LogP contribution is -2.21. The molecule has 8 heteroatoms. The van der Waals surface area contributed by atoms with Crippen LogP contribution in [-0.2, 0) is 11.2 Å². The Labute approximate surface area is 219 Å². The number of hydrogen-bond acceptors (Lipinski definition) is 7. The Bertz CT molecular complexity index is 1570. The predicted molar refractivity (Wildman–Crippen MR) is 138 cm³/mol. The Morgan fingerprint density at radius 2 is 1.95 bits per heavy atom. The van der Waals surface area contributed by atoms with E-state index >= 15 is 0 Å². The van der Waals surface area contributed by atoms with Gasteiger partial charge in [0.1, 0.15) is 29.1 Å². The molecule has 0 bridgehead atoms. The Kier molecular flexibility index (Phi) is 6.83. The van der Waals surface area contributed by atoms with Crippen LogP contribution in [0.4, 0.5) is 0 Å². The molecule has 2 heterocycles. The van der Waals surface area contributed by atoms with Crippen molar-refractivity contribution < 1.29 is 24.2 Å². The first-order valence-electron chi connectivity index (χ1n) is 12.0. The number of aliphatic carboxylic acids is 1. The van der Waals surface area contributed by atoms with Gasteiger partial charge in [-0.3, -0.25) is 9.59 Å². The summed E-state index contributed by atoms with van der Waals surface area (Å²) in [4.78, 5) is 33.1. The van der Waals surface area contributed by atoms with E-state index < -0.39 is 11.9 Å². The number of fused-ring (bicyclic) bond motifs is 1. The van der Waals surface area contributed by atoms with Gasteiger partial charge in [-0.15, -0.1) is 0 Å². The van der Waals surface area contributed by atoms with Gasteiger partial charge in [0.05, 0.1) is 23.8 Å². The molecule has 0 spiro atoms. The van der Waals surface area contributed by atoms with Gasteiger partial charge >= 0.3 is 5.97 Å². The smallest absolute Gasteiger partial charge is 0.311 e. The summed E-state index contributed by atoms with van der Waals surface area (Å²) in [6, 6.07) is 21.4. The van der Waals surface area contributed by atoms with E-state index in [1.165, 1.54) is 6.07 Å². The Morgan fingerprint density at radius 1 is 1.13 bits per heavy atom. The zero-order valence-corrected chi connectivity index (χ0v) is 20.5. The van der Waals surface area contributed by atoms with E-state index in [4.69, 9.17) is 9.47 Å². The lowest BCUT2D eigenvalue weighted by atomic mass is 9.91. The van der Waals surface area contributed by atoms with E-state index in [9.17, 15) is 20.0 Å². The van der Waals surface area contributed by atoms with Gasteiger partial charge in [0.25, 0.3) is 0 Å². The standard InChI is InChI=1S/C30H23N3O5/c1-18-32-11-9-26(33-18)21-4-2-3-19(13-21)14-27(34)20-5-7-23(8-6-20)38-28-16-29-25(15-22(28)17-31)24(30(35)36)10-12-37-29/h2-9,11,13,15-16,24H,10,12,14H2,1H3,(H,35,36). The number of hydrogen-bond donors (Lipinski definition) is 1. The summed E-state index contributed by atoms with van der Waals surface area (Å²) < 4.78 is 11.5. The molecule has 188 valence electrons. The van der Waals surface area contributed by atoms with Crippen LogP contribution in [0.3, 0.4) is 0 Å². The van der Waals surface area contributed by atoms with E-state index in [0.29, 0.717) is 34.9 Å². The predicted octanol–water partition coefficient (Wildman–Crippen LogP) is 5.49. The fraction of sp³-hybridized carbons (Fsp3) is 0.167. The summed E-state index contributed by atoms with van der Waals surface area (Å²) in [5.74, 6) is 0.0357. The van der Waals surface area contributed by atoms with Crippen LogP contribution >= 0.6 is 0 Å². The van der Waals surface area contributed by atoms with Crippen LogP contribution < -0.4 is 9.47 Å². The number of benzene rings is 3. The first-order chi connectivity index (χ1) is 18.4. The second-order valence-corrected chi connectivity index (χ2v) is 8.94. The molecule has 1 unspecified atom stereocenters. The molecule has 5 rings (SSSR count). The number of nitriles is 1. The molecule has 38 heavy (non-hydrogen) atoms. The Morgan fingerprint density at radius 3 is 2.68 bits per heavy atom. The highest BCUT2D eigenvalue weighted by Crippen LogP contribution is 2.39. The van der Waals surface area contributed by atoms with Gasteiger partial charge < -0.3 is 14.6 Å². The lowest BCUT2D eigenvalue weighted by molar-refractivity contribution is -0.139. The van der Waals surface area contributed by atoms with Crippen molar-refractivity contribution in [3.8, 4) is 34.6 Å². The maximum absolute atomic E-state index is 13.0. The Balaban J connectivity index is 1.31. The lowest BCUT2D eigenvalue weighted by Gasteiger charge is -2.24. The van der Waals surface area contributed by atoms with Gasteiger partial charge in [-0.1, -0.05) is 18.2 Å². The van der Waals surface area contributed by atoms with Gasteiger partial charge in [-0.2, -0.15) is 5.26 Å². The highest BCUT2D eigenvalue weighted by Gasteiger charge is 2.29. The highest BCUT2D eigenvalue weighted by molar-refractivity contribution is 5.97. The number of ether oxygens (including phenoxy) is 2. The number of carboxylic acids is 1. The molecule has 1 aliphatic rings. The summed E-state index contributed by atoms with van der Waals surface area (Å²) in [7, 11) is 0. The molecular weight excluding hydrogens is 482 g/mol. The molecule has 1 aromatic heterocycles. The van der Waals surface area contributed by atoms with E-state index in [1.54, 1.807) is 36.5 Å². The fourth-order valence-electron chi connectivity index (χ4n) is 4.43. The van der Waals surface area contributed by atoms with Crippen molar-refractivity contribution in [1.29, 1.82) is 5.26 Å². The summed E-state index contributed by atoms with van der Waals surface area (Å²) in [6.07, 6.45) is 2.28. The maximum Gasteiger partial charge on any atom is 0.311 e. The molecule has 4 aromatic rings. The van der Waals surface area contributed by atoms with Crippen molar-refractivity contribution >= 4 is 11.8 Å². The van der Waals surface area contributed by atoms with E-state index in [-0.39, 0.29) is 30.1 Å². The molecule has 1 aliphatic heterocycles. The fourth-order valence-corrected chi connectivity index (χ4v) is 4.43. The number of nitrogens with zero attached hydrogens (tertiary/aromatic N) is 3. The van der Waals surface area contributed by atoms with E-state index in [2.05, 4.69) is 16.0 Å². The average molecular weight is 506 g/mol. The third-order valence-electron chi connectivity index (χ3n) is 6.34. The minimum atomic E-state index is -0.955. The minimum absolute atomic E-state index is 0.0489. The number of rotatable bonds is 7. The van der Waals surface area contributed by atoms with Gasteiger partial charge in [0.2, 0.25) is 0 Å².